The zero-order chi connectivity index (χ0) is 20.4. The van der Waals surface area contributed by atoms with Gasteiger partial charge in [0.1, 0.15) is 17.5 Å². The van der Waals surface area contributed by atoms with Crippen molar-refractivity contribution in [1.29, 1.82) is 0 Å². The summed E-state index contributed by atoms with van der Waals surface area (Å²) < 4.78 is 42.2. The summed E-state index contributed by atoms with van der Waals surface area (Å²) >= 11 is 0. The smallest absolute Gasteiger partial charge is 0.138 e. The largest absolute Gasteiger partial charge is 0.207 e. The van der Waals surface area contributed by atoms with E-state index in [1.165, 1.54) is 62.6 Å². The van der Waals surface area contributed by atoms with E-state index >= 15 is 4.39 Å². The normalized spacial score (nSPS) is 19.6. The van der Waals surface area contributed by atoms with Crippen molar-refractivity contribution in [2.24, 2.45) is 5.92 Å². The Balaban J connectivity index is 1.58. The van der Waals surface area contributed by atoms with E-state index in [1.807, 2.05) is 18.2 Å². The summed E-state index contributed by atoms with van der Waals surface area (Å²) in [6, 6.07) is 12.5. The average Bonchev–Trinajstić information content (AvgIpc) is 2.72. The van der Waals surface area contributed by atoms with Gasteiger partial charge in [0.2, 0.25) is 0 Å². The highest BCUT2D eigenvalue weighted by atomic mass is 19.1. The molecule has 0 radical (unpaired) electrons. The molecule has 29 heavy (non-hydrogen) atoms. The molecule has 152 valence electrons. The molecule has 0 nitrogen and oxygen atoms in total. The van der Waals surface area contributed by atoms with Crippen LogP contribution < -0.4 is 0 Å². The highest BCUT2D eigenvalue weighted by Gasteiger charge is 2.22. The molecule has 0 bridgehead atoms. The average molecular weight is 396 g/mol. The molecule has 0 amide bonds. The fourth-order valence-electron chi connectivity index (χ4n) is 4.77. The first-order valence-electron chi connectivity index (χ1n) is 10.7. The maximum absolute atomic E-state index is 15.1. The van der Waals surface area contributed by atoms with E-state index < -0.39 is 17.5 Å². The number of benzene rings is 3. The van der Waals surface area contributed by atoms with Gasteiger partial charge in [-0.3, -0.25) is 0 Å². The van der Waals surface area contributed by atoms with Gasteiger partial charge in [0.25, 0.3) is 0 Å². The van der Waals surface area contributed by atoms with Gasteiger partial charge in [0, 0.05) is 17.0 Å². The minimum atomic E-state index is -0.704. The summed E-state index contributed by atoms with van der Waals surface area (Å²) in [7, 11) is 0. The Kier molecular flexibility index (Phi) is 5.94. The molecule has 1 fully saturated rings. The Labute approximate surface area is 170 Å². The van der Waals surface area contributed by atoms with Crippen LogP contribution in [-0.2, 0) is 0 Å². The molecule has 0 aliphatic heterocycles. The number of hydrogen-bond donors (Lipinski definition) is 0. The number of unbranched alkanes of at least 4 members (excludes halogenated alkanes) is 1. The molecule has 0 N–H and O–H groups in total. The van der Waals surface area contributed by atoms with Gasteiger partial charge in [-0.2, -0.15) is 0 Å². The quantitative estimate of drug-likeness (QED) is 0.406. The van der Waals surface area contributed by atoms with Crippen molar-refractivity contribution in [3.63, 3.8) is 0 Å². The molecule has 0 spiro atoms. The second kappa shape index (κ2) is 8.61. The first-order valence-corrected chi connectivity index (χ1v) is 10.7. The van der Waals surface area contributed by atoms with Gasteiger partial charge in [-0.1, -0.05) is 56.5 Å². The molecule has 0 atom stereocenters. The first-order chi connectivity index (χ1) is 14.0. The van der Waals surface area contributed by atoms with Gasteiger partial charge in [0.15, 0.2) is 0 Å². The van der Waals surface area contributed by atoms with Crippen molar-refractivity contribution in [1.82, 2.24) is 0 Å². The third kappa shape index (κ3) is 4.34. The van der Waals surface area contributed by atoms with E-state index in [2.05, 4.69) is 13.0 Å². The van der Waals surface area contributed by atoms with E-state index in [1.54, 1.807) is 6.07 Å². The van der Waals surface area contributed by atoms with Crippen LogP contribution in [0, 0.1) is 23.4 Å². The Morgan fingerprint density at radius 1 is 0.828 bits per heavy atom. The lowest BCUT2D eigenvalue weighted by molar-refractivity contribution is 0.304. The summed E-state index contributed by atoms with van der Waals surface area (Å²) in [4.78, 5) is 0. The van der Waals surface area contributed by atoms with Gasteiger partial charge in [-0.25, -0.2) is 13.2 Å². The lowest BCUT2D eigenvalue weighted by Crippen LogP contribution is -2.13. The van der Waals surface area contributed by atoms with Crippen molar-refractivity contribution >= 4 is 10.8 Å². The van der Waals surface area contributed by atoms with Gasteiger partial charge in [-0.05, 0) is 66.2 Å². The van der Waals surface area contributed by atoms with Gasteiger partial charge in [-0.15, -0.1) is 0 Å². The molecular formula is C26H27F3. The Bertz CT molecular complexity index is 980. The molecule has 0 unspecified atom stereocenters. The minimum Gasteiger partial charge on any atom is -0.207 e. The van der Waals surface area contributed by atoms with Crippen LogP contribution in [0.3, 0.4) is 0 Å². The van der Waals surface area contributed by atoms with Crippen LogP contribution in [0.25, 0.3) is 21.9 Å². The highest BCUT2D eigenvalue weighted by molar-refractivity contribution is 5.89. The maximum Gasteiger partial charge on any atom is 0.138 e. The summed E-state index contributed by atoms with van der Waals surface area (Å²) in [5.74, 6) is -0.438. The summed E-state index contributed by atoms with van der Waals surface area (Å²) in [5, 5.41) is 1.33. The first kappa shape index (κ1) is 20.0. The standard InChI is InChI=1S/C26H27F3/c1-2-3-4-17-5-7-18(8-6-17)19-9-11-24-20(13-19)10-12-25(26(24)29)21-14-22(27)16-23(28)15-21/h9-18H,2-8H2,1H3/t17-,18-. The van der Waals surface area contributed by atoms with Crippen molar-refractivity contribution in [2.45, 2.75) is 57.8 Å². The number of fused-ring (bicyclic) bond motifs is 1. The van der Waals surface area contributed by atoms with Crippen LogP contribution in [0.2, 0.25) is 0 Å². The molecule has 3 aromatic carbocycles. The lowest BCUT2D eigenvalue weighted by atomic mass is 9.77. The van der Waals surface area contributed by atoms with E-state index in [9.17, 15) is 8.78 Å². The molecule has 3 heteroatoms. The minimum absolute atomic E-state index is 0.219. The second-order valence-electron chi connectivity index (χ2n) is 8.43. The van der Waals surface area contributed by atoms with Gasteiger partial charge < -0.3 is 0 Å². The number of rotatable bonds is 5. The highest BCUT2D eigenvalue weighted by Crippen LogP contribution is 2.39. The van der Waals surface area contributed by atoms with Crippen LogP contribution in [0.1, 0.15) is 63.4 Å². The van der Waals surface area contributed by atoms with Crippen LogP contribution in [0.5, 0.6) is 0 Å². The Morgan fingerprint density at radius 2 is 1.55 bits per heavy atom. The summed E-state index contributed by atoms with van der Waals surface area (Å²) in [6.07, 6.45) is 8.88. The Morgan fingerprint density at radius 3 is 2.24 bits per heavy atom. The molecular weight excluding hydrogens is 369 g/mol. The zero-order valence-electron chi connectivity index (χ0n) is 16.9. The maximum atomic E-state index is 15.1. The molecule has 0 aromatic heterocycles. The van der Waals surface area contributed by atoms with E-state index in [0.29, 0.717) is 11.3 Å². The van der Waals surface area contributed by atoms with E-state index in [4.69, 9.17) is 0 Å². The monoisotopic (exact) mass is 396 g/mol. The Hall–Kier alpha value is -2.29. The second-order valence-corrected chi connectivity index (χ2v) is 8.43. The predicted octanol–water partition coefficient (Wildman–Crippen LogP) is 8.39. The SMILES string of the molecule is CCCC[C@H]1CC[C@H](c2ccc3c(F)c(-c4cc(F)cc(F)c4)ccc3c2)CC1. The molecule has 1 aliphatic rings. The van der Waals surface area contributed by atoms with Crippen LogP contribution in [-0.4, -0.2) is 0 Å². The predicted molar refractivity (Wildman–Crippen MR) is 113 cm³/mol. The fraction of sp³-hybridized carbons (Fsp3) is 0.385. The molecule has 1 aliphatic carbocycles. The van der Waals surface area contributed by atoms with Crippen molar-refractivity contribution in [3.05, 3.63) is 71.5 Å². The van der Waals surface area contributed by atoms with Crippen molar-refractivity contribution < 1.29 is 13.2 Å². The van der Waals surface area contributed by atoms with Crippen molar-refractivity contribution in [3.8, 4) is 11.1 Å². The number of halogens is 3. The molecule has 0 saturated heterocycles. The molecule has 4 rings (SSSR count). The zero-order valence-corrected chi connectivity index (χ0v) is 16.9. The van der Waals surface area contributed by atoms with E-state index in [-0.39, 0.29) is 11.1 Å². The van der Waals surface area contributed by atoms with Gasteiger partial charge in [0.05, 0.1) is 0 Å². The molecule has 1 saturated carbocycles. The number of hydrogen-bond acceptors (Lipinski definition) is 0. The van der Waals surface area contributed by atoms with E-state index in [0.717, 1.165) is 17.4 Å². The van der Waals surface area contributed by atoms with Gasteiger partial charge >= 0.3 is 0 Å². The third-order valence-electron chi connectivity index (χ3n) is 6.44. The van der Waals surface area contributed by atoms with Crippen LogP contribution >= 0.6 is 0 Å². The topological polar surface area (TPSA) is 0 Å². The third-order valence-corrected chi connectivity index (χ3v) is 6.44. The molecule has 3 aromatic rings. The summed E-state index contributed by atoms with van der Waals surface area (Å²) in [5.41, 5.74) is 1.71. The van der Waals surface area contributed by atoms with Crippen LogP contribution in [0.4, 0.5) is 13.2 Å². The molecule has 0 heterocycles. The van der Waals surface area contributed by atoms with Crippen molar-refractivity contribution in [2.75, 3.05) is 0 Å². The van der Waals surface area contributed by atoms with Crippen LogP contribution in [0.15, 0.2) is 48.5 Å². The summed E-state index contributed by atoms with van der Waals surface area (Å²) in [6.45, 7) is 2.25. The fourth-order valence-corrected chi connectivity index (χ4v) is 4.77. The lowest BCUT2D eigenvalue weighted by Gasteiger charge is -2.29.